The Kier molecular flexibility index (Phi) is 3.55. The number of carbonyl (C=O) groups is 1. The van der Waals surface area contributed by atoms with Crippen LogP contribution in [0.2, 0.25) is 0 Å². The van der Waals surface area contributed by atoms with Gasteiger partial charge in [-0.1, -0.05) is 54.1 Å². The molecule has 0 saturated carbocycles. The Balaban J connectivity index is 1.47. The van der Waals surface area contributed by atoms with Crippen LogP contribution in [0.1, 0.15) is 46.3 Å². The van der Waals surface area contributed by atoms with Gasteiger partial charge in [-0.3, -0.25) is 4.79 Å². The third-order valence-electron chi connectivity index (χ3n) is 4.83. The van der Waals surface area contributed by atoms with E-state index in [0.29, 0.717) is 13.0 Å². The van der Waals surface area contributed by atoms with Gasteiger partial charge in [0.1, 0.15) is 0 Å². The molecule has 1 spiro atoms. The maximum Gasteiger partial charge on any atom is 0.195 e. The fourth-order valence-corrected chi connectivity index (χ4v) is 3.54. The first-order chi connectivity index (χ1) is 11.2. The van der Waals surface area contributed by atoms with Crippen molar-refractivity contribution in [1.82, 2.24) is 0 Å². The van der Waals surface area contributed by atoms with Gasteiger partial charge in [-0.2, -0.15) is 0 Å². The zero-order valence-electron chi connectivity index (χ0n) is 13.2. The van der Waals surface area contributed by atoms with Gasteiger partial charge in [0.05, 0.1) is 12.7 Å². The normalized spacial score (nSPS) is 25.7. The zero-order chi connectivity index (χ0) is 15.9. The predicted octanol–water partition coefficient (Wildman–Crippen LogP) is 4.13. The second-order valence-corrected chi connectivity index (χ2v) is 6.47. The van der Waals surface area contributed by atoms with E-state index in [0.717, 1.165) is 29.5 Å². The topological polar surface area (TPSA) is 35.5 Å². The van der Waals surface area contributed by atoms with E-state index in [-0.39, 0.29) is 11.9 Å². The van der Waals surface area contributed by atoms with Crippen molar-refractivity contribution in [1.29, 1.82) is 0 Å². The van der Waals surface area contributed by atoms with E-state index in [4.69, 9.17) is 9.47 Å². The molecular weight excluding hydrogens is 288 g/mol. The molecule has 0 aromatic heterocycles. The number of hydrogen-bond donors (Lipinski definition) is 0. The lowest BCUT2D eigenvalue weighted by atomic mass is 9.99. The van der Waals surface area contributed by atoms with E-state index in [9.17, 15) is 4.79 Å². The average molecular weight is 308 g/mol. The van der Waals surface area contributed by atoms with Gasteiger partial charge in [0.2, 0.25) is 0 Å². The van der Waals surface area contributed by atoms with E-state index in [2.05, 4.69) is 12.1 Å². The van der Waals surface area contributed by atoms with Crippen molar-refractivity contribution >= 4 is 5.78 Å². The van der Waals surface area contributed by atoms with Crippen molar-refractivity contribution in [3.05, 3.63) is 70.8 Å². The van der Waals surface area contributed by atoms with E-state index in [1.54, 1.807) is 0 Å². The molecule has 23 heavy (non-hydrogen) atoms. The van der Waals surface area contributed by atoms with Crippen molar-refractivity contribution in [3.63, 3.8) is 0 Å². The summed E-state index contributed by atoms with van der Waals surface area (Å²) in [5.74, 6) is -0.493. The number of benzene rings is 2. The van der Waals surface area contributed by atoms with Gasteiger partial charge in [0.15, 0.2) is 11.6 Å². The van der Waals surface area contributed by atoms with E-state index in [1.807, 2.05) is 43.3 Å². The van der Waals surface area contributed by atoms with Crippen molar-refractivity contribution < 1.29 is 14.3 Å². The second-order valence-electron chi connectivity index (χ2n) is 6.47. The Morgan fingerprint density at radius 1 is 1.17 bits per heavy atom. The first-order valence-corrected chi connectivity index (χ1v) is 8.16. The van der Waals surface area contributed by atoms with Gasteiger partial charge in [-0.25, -0.2) is 0 Å². The minimum atomic E-state index is -0.630. The molecule has 0 N–H and O–H groups in total. The fourth-order valence-electron chi connectivity index (χ4n) is 3.54. The third kappa shape index (κ3) is 2.60. The number of ketones is 1. The molecule has 118 valence electrons. The highest BCUT2D eigenvalue weighted by molar-refractivity contribution is 5.96. The van der Waals surface area contributed by atoms with Gasteiger partial charge >= 0.3 is 0 Å². The molecule has 2 aliphatic rings. The lowest BCUT2D eigenvalue weighted by Crippen LogP contribution is -2.26. The summed E-state index contributed by atoms with van der Waals surface area (Å²) in [5.41, 5.74) is 4.24. The molecule has 2 aliphatic heterocycles. The van der Waals surface area contributed by atoms with Crippen molar-refractivity contribution in [3.8, 4) is 0 Å². The maximum absolute atomic E-state index is 12.4. The smallest absolute Gasteiger partial charge is 0.195 e. The molecule has 0 amide bonds. The summed E-state index contributed by atoms with van der Waals surface area (Å²) in [5, 5.41) is 0. The van der Waals surface area contributed by atoms with Crippen LogP contribution in [0.25, 0.3) is 0 Å². The number of hydrogen-bond acceptors (Lipinski definition) is 3. The Hall–Kier alpha value is -1.97. The number of aryl methyl sites for hydroxylation is 1. The van der Waals surface area contributed by atoms with Crippen LogP contribution in [0, 0.1) is 6.92 Å². The quantitative estimate of drug-likeness (QED) is 0.800. The summed E-state index contributed by atoms with van der Waals surface area (Å²) in [6.45, 7) is 2.61. The van der Waals surface area contributed by atoms with E-state index >= 15 is 0 Å². The van der Waals surface area contributed by atoms with Crippen molar-refractivity contribution in [2.45, 2.75) is 44.7 Å². The molecule has 1 fully saturated rings. The van der Waals surface area contributed by atoms with Crippen molar-refractivity contribution in [2.24, 2.45) is 0 Å². The van der Waals surface area contributed by atoms with Crippen LogP contribution >= 0.6 is 0 Å². The highest BCUT2D eigenvalue weighted by Gasteiger charge is 2.47. The second kappa shape index (κ2) is 5.59. The van der Waals surface area contributed by atoms with Crippen LogP contribution in [0.5, 0.6) is 0 Å². The van der Waals surface area contributed by atoms with Gasteiger partial charge in [-0.05, 0) is 18.9 Å². The zero-order valence-corrected chi connectivity index (χ0v) is 13.2. The highest BCUT2D eigenvalue weighted by atomic mass is 16.7. The first kappa shape index (κ1) is 14.6. The summed E-state index contributed by atoms with van der Waals surface area (Å²) < 4.78 is 12.2. The maximum atomic E-state index is 12.4. The van der Waals surface area contributed by atoms with Gasteiger partial charge in [-0.15, -0.1) is 0 Å². The Bertz CT molecular complexity index is 735. The Labute approximate surface area is 136 Å². The van der Waals surface area contributed by atoms with Crippen molar-refractivity contribution in [2.75, 3.05) is 0 Å². The molecule has 0 bridgehead atoms. The third-order valence-corrected chi connectivity index (χ3v) is 4.83. The average Bonchev–Trinajstić information content (AvgIpc) is 3.14. The summed E-state index contributed by atoms with van der Waals surface area (Å²) in [7, 11) is 0. The number of carbonyl (C=O) groups excluding carboxylic acids is 1. The molecule has 0 radical (unpaired) electrons. The summed E-state index contributed by atoms with van der Waals surface area (Å²) >= 11 is 0. The molecule has 3 nitrogen and oxygen atoms in total. The van der Waals surface area contributed by atoms with E-state index < -0.39 is 5.79 Å². The van der Waals surface area contributed by atoms with Crippen LogP contribution in [0.4, 0.5) is 0 Å². The van der Waals surface area contributed by atoms with Gasteiger partial charge in [0.25, 0.3) is 0 Å². The number of rotatable bonds is 3. The molecule has 3 heteroatoms. The van der Waals surface area contributed by atoms with Crippen LogP contribution < -0.4 is 0 Å². The monoisotopic (exact) mass is 308 g/mol. The largest absolute Gasteiger partial charge is 0.342 e. The fraction of sp³-hybridized carbons (Fsp3) is 0.350. The molecule has 1 saturated heterocycles. The summed E-state index contributed by atoms with van der Waals surface area (Å²) in [4.78, 5) is 12.4. The molecular formula is C20H20O3. The molecule has 2 aromatic carbocycles. The number of Topliss-reactive ketones (excluding diaryl/α,β-unsaturated/α-hetero) is 1. The lowest BCUT2D eigenvalue weighted by Gasteiger charge is -2.24. The van der Waals surface area contributed by atoms with Crippen LogP contribution in [-0.4, -0.2) is 11.9 Å². The predicted molar refractivity (Wildman–Crippen MR) is 87.1 cm³/mol. The molecule has 4 rings (SSSR count). The molecule has 2 aromatic rings. The summed E-state index contributed by atoms with van der Waals surface area (Å²) in [6.07, 6.45) is 2.01. The standard InChI is InChI=1S/C20H20O3/c1-14-6-8-15(9-7-14)19(21)12-17-10-11-20(23-17)18-5-3-2-4-16(18)13-22-20/h2-9,17H,10-13H2,1H3/t17-,20+/m0/s1. The highest BCUT2D eigenvalue weighted by Crippen LogP contribution is 2.47. The minimum absolute atomic E-state index is 0.0741. The van der Waals surface area contributed by atoms with Gasteiger partial charge < -0.3 is 9.47 Å². The SMILES string of the molecule is Cc1ccc(C(=O)C[C@@H]2CC[C@@]3(OCc4ccccc43)O2)cc1. The number of fused-ring (bicyclic) bond motifs is 2. The lowest BCUT2D eigenvalue weighted by molar-refractivity contribution is -0.226. The Morgan fingerprint density at radius 3 is 2.78 bits per heavy atom. The molecule has 0 aliphatic carbocycles. The van der Waals surface area contributed by atoms with Crippen LogP contribution in [0.3, 0.4) is 0 Å². The van der Waals surface area contributed by atoms with E-state index in [1.165, 1.54) is 5.56 Å². The van der Waals surface area contributed by atoms with Crippen LogP contribution in [0.15, 0.2) is 48.5 Å². The summed E-state index contributed by atoms with van der Waals surface area (Å²) in [6, 6.07) is 15.9. The number of ether oxygens (including phenoxy) is 2. The van der Waals surface area contributed by atoms with Gasteiger partial charge in [0, 0.05) is 24.0 Å². The van der Waals surface area contributed by atoms with Crippen LogP contribution in [-0.2, 0) is 21.9 Å². The molecule has 2 atom stereocenters. The first-order valence-electron chi connectivity index (χ1n) is 8.16. The molecule has 0 unspecified atom stereocenters. The minimum Gasteiger partial charge on any atom is -0.342 e. The Morgan fingerprint density at radius 2 is 1.96 bits per heavy atom. The molecule has 2 heterocycles.